The summed E-state index contributed by atoms with van der Waals surface area (Å²) in [5, 5.41) is 108. The maximum absolute atomic E-state index is 10.4. The van der Waals surface area contributed by atoms with Crippen LogP contribution in [0.5, 0.6) is 5.75 Å². The molecule has 0 aliphatic heterocycles. The van der Waals surface area contributed by atoms with Crippen molar-refractivity contribution in [2.24, 2.45) is 5.92 Å². The van der Waals surface area contributed by atoms with Crippen molar-refractivity contribution >= 4 is 28.8 Å². The zero-order valence-electron chi connectivity index (χ0n) is 22.6. The molecule has 8 atom stereocenters. The number of ether oxygens (including phenoxy) is 1. The molecule has 0 bridgehead atoms. The van der Waals surface area contributed by atoms with Gasteiger partial charge in [0.1, 0.15) is 49.0 Å². The first-order chi connectivity index (χ1) is 18.3. The highest BCUT2D eigenvalue weighted by atomic mass is 35.5. The van der Waals surface area contributed by atoms with Gasteiger partial charge in [-0.1, -0.05) is 26.0 Å². The van der Waals surface area contributed by atoms with Crippen LogP contribution in [0.2, 0.25) is 0 Å². The summed E-state index contributed by atoms with van der Waals surface area (Å²) in [6, 6.07) is 7.18. The minimum Gasteiger partial charge on any atom is -0.492 e. The molecule has 0 aliphatic carbocycles. The number of thiol groups is 1. The molecule has 40 heavy (non-hydrogen) atoms. The Morgan fingerprint density at radius 2 is 1.27 bits per heavy atom. The van der Waals surface area contributed by atoms with E-state index in [1.165, 1.54) is 4.90 Å². The van der Waals surface area contributed by atoms with Crippen LogP contribution in [0, 0.1) is 5.92 Å². The van der Waals surface area contributed by atoms with Gasteiger partial charge in [0.2, 0.25) is 0 Å². The van der Waals surface area contributed by atoms with Gasteiger partial charge in [-0.3, -0.25) is 4.90 Å². The lowest BCUT2D eigenvalue weighted by atomic mass is 10.0. The zero-order chi connectivity index (χ0) is 29.7. The maximum atomic E-state index is 10.4. The van der Waals surface area contributed by atoms with E-state index in [0.717, 1.165) is 16.9 Å². The topological polar surface area (TPSA) is 235 Å². The van der Waals surface area contributed by atoms with Gasteiger partial charge < -0.3 is 60.9 Å². The van der Waals surface area contributed by atoms with Crippen molar-refractivity contribution < 1.29 is 60.9 Å². The smallest absolute Gasteiger partial charge is 0.119 e. The predicted octanol–water partition coefficient (Wildman–Crippen LogP) is -3.03. The van der Waals surface area contributed by atoms with E-state index in [-0.39, 0.29) is 44.6 Å². The normalized spacial score (nSPS) is 18.6. The van der Waals surface area contributed by atoms with Gasteiger partial charge in [0.05, 0.1) is 30.5 Å². The summed E-state index contributed by atoms with van der Waals surface area (Å²) in [6.07, 6.45) is -14.2. The largest absolute Gasteiger partial charge is 0.492 e. The standard InChI is InChI=1S/C25H45NO12S.ClH/c1-14(2)25(37)39-13-15-4-3-5-16(8-15)38-7-6-26(9-17(29)21(33)23(35)19(31)11-27)10-18(30)22(34)24(36)20(32)12-28;/h3-5,8,14,17-24,27-37,39H,6-7,9-13H2,1-2H3;1H/t17-,18-,19+,20+,21+,22+,23+,24+;/m0./s1. The summed E-state index contributed by atoms with van der Waals surface area (Å²) in [4.78, 5) is 1.36. The molecule has 0 unspecified atom stereocenters. The van der Waals surface area contributed by atoms with E-state index in [1.807, 2.05) is 19.9 Å². The fraction of sp³-hybridized carbons (Fsp3) is 0.720. The SMILES string of the molecule is CC(C)C(O)=[SH]Cc1cccc(OCCN(C[C@H](O)[C@@H](O)[C@H](O)[C@H](O)CO)C[C@H](O)[C@@H](O)[C@H](O)[C@H](O)CO)c1.Cl. The van der Waals surface area contributed by atoms with Crippen LogP contribution in [-0.2, 0) is 5.75 Å². The summed E-state index contributed by atoms with van der Waals surface area (Å²) >= 11 is 0.770. The Bertz CT molecular complexity index is 824. The van der Waals surface area contributed by atoms with Gasteiger partial charge in [0.25, 0.3) is 0 Å². The Hall–Kier alpha value is -0.950. The number of rotatable bonds is 19. The first kappa shape index (κ1) is 39.0. The molecule has 1 aromatic carbocycles. The van der Waals surface area contributed by atoms with E-state index in [4.69, 9.17) is 14.9 Å². The van der Waals surface area contributed by atoms with Crippen molar-refractivity contribution in [3.63, 3.8) is 0 Å². The quantitative estimate of drug-likeness (QED) is 0.0546. The molecule has 0 aliphatic rings. The van der Waals surface area contributed by atoms with Crippen LogP contribution in [0.15, 0.2) is 24.3 Å². The maximum Gasteiger partial charge on any atom is 0.119 e. The molecule has 0 heterocycles. The highest BCUT2D eigenvalue weighted by Crippen LogP contribution is 2.17. The van der Waals surface area contributed by atoms with Crippen molar-refractivity contribution in [3.05, 3.63) is 29.8 Å². The number of aliphatic hydroxyl groups excluding tert-OH is 11. The molecule has 0 aromatic heterocycles. The monoisotopic (exact) mass is 619 g/mol. The molecule has 0 fully saturated rings. The van der Waals surface area contributed by atoms with Crippen molar-refractivity contribution in [2.75, 3.05) is 39.5 Å². The molecule has 0 spiro atoms. The number of nitrogens with zero attached hydrogens (tertiary/aromatic N) is 1. The van der Waals surface area contributed by atoms with E-state index in [0.29, 0.717) is 16.6 Å². The summed E-state index contributed by atoms with van der Waals surface area (Å²) in [5.41, 5.74) is 0.920. The van der Waals surface area contributed by atoms with Crippen molar-refractivity contribution in [1.82, 2.24) is 4.90 Å². The molecule has 1 aromatic rings. The molecular weight excluding hydrogens is 574 g/mol. The van der Waals surface area contributed by atoms with E-state index in [1.54, 1.807) is 18.2 Å². The van der Waals surface area contributed by atoms with Crippen LogP contribution in [0.25, 0.3) is 0 Å². The highest BCUT2D eigenvalue weighted by molar-refractivity contribution is 7.97. The Balaban J connectivity index is 0.0000152. The van der Waals surface area contributed by atoms with Gasteiger partial charge in [-0.25, -0.2) is 0 Å². The van der Waals surface area contributed by atoms with Crippen molar-refractivity contribution in [2.45, 2.75) is 68.4 Å². The molecule has 15 heteroatoms. The Kier molecular flexibility index (Phi) is 19.6. The number of hydrogen-bond donors (Lipinski definition) is 12. The molecule has 236 valence electrons. The van der Waals surface area contributed by atoms with E-state index >= 15 is 0 Å². The fourth-order valence-electron chi connectivity index (χ4n) is 3.51. The Labute approximate surface area is 243 Å². The molecule has 0 saturated heterocycles. The van der Waals surface area contributed by atoms with E-state index < -0.39 is 62.0 Å². The third-order valence-corrected chi connectivity index (χ3v) is 7.42. The summed E-state index contributed by atoms with van der Waals surface area (Å²) in [7, 11) is 0. The van der Waals surface area contributed by atoms with Crippen molar-refractivity contribution in [3.8, 4) is 5.75 Å². The average Bonchev–Trinajstić information content (AvgIpc) is 2.93. The van der Waals surface area contributed by atoms with Crippen LogP contribution in [-0.4, -0.2) is 154 Å². The van der Waals surface area contributed by atoms with Crippen LogP contribution >= 0.6 is 23.8 Å². The number of halogens is 1. The van der Waals surface area contributed by atoms with Crippen LogP contribution < -0.4 is 4.74 Å². The van der Waals surface area contributed by atoms with E-state index in [9.17, 15) is 46.0 Å². The minimum absolute atomic E-state index is 0. The molecule has 0 amide bonds. The highest BCUT2D eigenvalue weighted by Gasteiger charge is 2.34. The summed E-state index contributed by atoms with van der Waals surface area (Å²) < 4.78 is 5.77. The Morgan fingerprint density at radius 1 is 0.800 bits per heavy atom. The zero-order valence-corrected chi connectivity index (χ0v) is 24.3. The predicted molar refractivity (Wildman–Crippen MR) is 153 cm³/mol. The lowest BCUT2D eigenvalue weighted by Gasteiger charge is -2.33. The number of hydrogen-bond acceptors (Lipinski definition) is 12. The lowest BCUT2D eigenvalue weighted by molar-refractivity contribution is -0.130. The van der Waals surface area contributed by atoms with Gasteiger partial charge >= 0.3 is 0 Å². The van der Waals surface area contributed by atoms with Crippen LogP contribution in [0.4, 0.5) is 0 Å². The van der Waals surface area contributed by atoms with Gasteiger partial charge in [-0.2, -0.15) is 11.4 Å². The van der Waals surface area contributed by atoms with Crippen LogP contribution in [0.1, 0.15) is 19.4 Å². The van der Waals surface area contributed by atoms with Gasteiger partial charge in [-0.15, -0.1) is 12.4 Å². The lowest BCUT2D eigenvalue weighted by Crippen LogP contribution is -2.53. The average molecular weight is 620 g/mol. The van der Waals surface area contributed by atoms with Gasteiger partial charge in [0, 0.05) is 31.3 Å². The first-order valence-corrected chi connectivity index (χ1v) is 13.7. The van der Waals surface area contributed by atoms with E-state index in [2.05, 4.69) is 0 Å². The second-order valence-electron chi connectivity index (χ2n) is 9.68. The summed E-state index contributed by atoms with van der Waals surface area (Å²) in [5.74, 6) is 1.13. The Morgan fingerprint density at radius 3 is 1.73 bits per heavy atom. The number of aliphatic hydroxyl groups is 11. The second kappa shape index (κ2) is 20.0. The minimum atomic E-state index is -1.87. The molecule has 0 saturated carbocycles. The third-order valence-electron chi connectivity index (χ3n) is 6.06. The van der Waals surface area contributed by atoms with Crippen molar-refractivity contribution in [1.29, 1.82) is 0 Å². The molecule has 1 rings (SSSR count). The first-order valence-electron chi connectivity index (χ1n) is 12.7. The molecule has 13 nitrogen and oxygen atoms in total. The van der Waals surface area contributed by atoms with Gasteiger partial charge in [-0.05, 0) is 17.7 Å². The molecular formula is C25H46ClNO12S. The molecule has 11 N–H and O–H groups in total. The number of benzene rings is 1. The fourth-order valence-corrected chi connectivity index (χ4v) is 4.42. The molecule has 0 radical (unpaired) electrons. The second-order valence-corrected chi connectivity index (χ2v) is 10.8. The third kappa shape index (κ3) is 13.4. The summed E-state index contributed by atoms with van der Waals surface area (Å²) in [6.45, 7) is 1.35. The van der Waals surface area contributed by atoms with Crippen LogP contribution in [0.3, 0.4) is 0 Å². The van der Waals surface area contributed by atoms with Gasteiger partial charge in [0.15, 0.2) is 0 Å².